The Bertz CT molecular complexity index is 667. The number of aromatic amines is 1. The van der Waals surface area contributed by atoms with Crippen molar-refractivity contribution in [2.45, 2.75) is 38.1 Å². The smallest absolute Gasteiger partial charge is 0.449 e. The van der Waals surface area contributed by atoms with Crippen LogP contribution in [0, 0.1) is 5.92 Å². The normalized spacial score (nSPS) is 25.9. The van der Waals surface area contributed by atoms with Gasteiger partial charge in [-0.1, -0.05) is 19.4 Å². The number of fused-ring (bicyclic) bond motifs is 1. The molecule has 2 aromatic rings. The number of nitrogens with two attached hydrogens (primary N) is 1. The summed E-state index contributed by atoms with van der Waals surface area (Å²) in [7, 11) is 0. The molecule has 0 radical (unpaired) electrons. The number of ether oxygens (including phenoxy) is 1. The Morgan fingerprint density at radius 2 is 2.29 bits per heavy atom. The molecule has 3 unspecified atom stereocenters. The van der Waals surface area contributed by atoms with Gasteiger partial charge in [-0.05, 0) is 30.9 Å². The average Bonchev–Trinajstić information content (AvgIpc) is 2.86. The second kappa shape index (κ2) is 5.37. The molecule has 6 heteroatoms. The molecule has 3 rings (SSSR count). The van der Waals surface area contributed by atoms with Crippen LogP contribution >= 0.6 is 0 Å². The summed E-state index contributed by atoms with van der Waals surface area (Å²) in [6.07, 6.45) is 1.85. The van der Waals surface area contributed by atoms with Crippen LogP contribution in [-0.2, 0) is 0 Å². The number of benzene rings is 1. The molecule has 0 spiro atoms. The number of H-pyrrole nitrogens is 1. The van der Waals surface area contributed by atoms with Crippen LogP contribution in [0.1, 0.15) is 37.9 Å². The number of carbonyl (C=O) groups is 1. The fourth-order valence-electron chi connectivity index (χ4n) is 3.16. The molecule has 1 aromatic heterocycles. The van der Waals surface area contributed by atoms with E-state index in [0.717, 1.165) is 30.6 Å². The quantitative estimate of drug-likeness (QED) is 0.583. The molecule has 1 saturated carbocycles. The maximum atomic E-state index is 10.7. The van der Waals surface area contributed by atoms with E-state index in [1.165, 1.54) is 0 Å². The topological polar surface area (TPSA) is 101 Å². The molecule has 0 saturated heterocycles. The average molecular weight is 289 g/mol. The molecule has 1 aliphatic carbocycles. The molecule has 1 heterocycles. The van der Waals surface area contributed by atoms with Gasteiger partial charge in [0.2, 0.25) is 0 Å². The first-order valence-electron chi connectivity index (χ1n) is 7.21. The minimum absolute atomic E-state index is 0.187. The second-order valence-corrected chi connectivity index (χ2v) is 5.70. The molecule has 3 atom stereocenters. The van der Waals surface area contributed by atoms with Crippen molar-refractivity contribution in [1.82, 2.24) is 9.97 Å². The Kier molecular flexibility index (Phi) is 3.55. The van der Waals surface area contributed by atoms with E-state index < -0.39 is 6.16 Å². The third kappa shape index (κ3) is 2.58. The minimum atomic E-state index is -1.33. The van der Waals surface area contributed by atoms with Crippen molar-refractivity contribution >= 4 is 17.2 Å². The number of rotatable bonds is 2. The van der Waals surface area contributed by atoms with Gasteiger partial charge in [0, 0.05) is 12.0 Å². The van der Waals surface area contributed by atoms with Gasteiger partial charge in [0.15, 0.2) is 5.75 Å². The highest BCUT2D eigenvalue weighted by Gasteiger charge is 2.31. The third-order valence-electron chi connectivity index (χ3n) is 4.41. The maximum Gasteiger partial charge on any atom is 0.511 e. The van der Waals surface area contributed by atoms with Crippen LogP contribution in [0.3, 0.4) is 0 Å². The number of hydrogen-bond donors (Lipinski definition) is 3. The first-order chi connectivity index (χ1) is 10.1. The summed E-state index contributed by atoms with van der Waals surface area (Å²) in [4.78, 5) is 18.6. The van der Waals surface area contributed by atoms with Crippen molar-refractivity contribution in [3.63, 3.8) is 0 Å². The van der Waals surface area contributed by atoms with E-state index >= 15 is 0 Å². The fraction of sp³-hybridized carbons (Fsp3) is 0.467. The molecular formula is C15H19N3O3. The lowest BCUT2D eigenvalue weighted by molar-refractivity contribution is 0.145. The molecule has 6 nitrogen and oxygen atoms in total. The number of aromatic nitrogens is 2. The SMILES string of the molecule is CC1C(N)CCCC1c1nc2c(OC(=O)O)cccc2[nH]1. The highest BCUT2D eigenvalue weighted by molar-refractivity contribution is 5.83. The van der Waals surface area contributed by atoms with E-state index in [2.05, 4.69) is 16.9 Å². The zero-order valence-corrected chi connectivity index (χ0v) is 11.9. The molecule has 0 amide bonds. The van der Waals surface area contributed by atoms with Gasteiger partial charge in [0.25, 0.3) is 0 Å². The Labute approximate surface area is 122 Å². The molecular weight excluding hydrogens is 270 g/mol. The van der Waals surface area contributed by atoms with E-state index in [4.69, 9.17) is 15.6 Å². The van der Waals surface area contributed by atoms with Crippen LogP contribution in [0.2, 0.25) is 0 Å². The fourth-order valence-corrected chi connectivity index (χ4v) is 3.16. The van der Waals surface area contributed by atoms with Crippen LogP contribution < -0.4 is 10.5 Å². The first-order valence-corrected chi connectivity index (χ1v) is 7.21. The summed E-state index contributed by atoms with van der Waals surface area (Å²) in [6.45, 7) is 2.15. The summed E-state index contributed by atoms with van der Waals surface area (Å²) in [5.41, 5.74) is 7.50. The minimum Gasteiger partial charge on any atom is -0.449 e. The molecule has 0 bridgehead atoms. The van der Waals surface area contributed by atoms with Crippen molar-refractivity contribution in [2.24, 2.45) is 11.7 Å². The van der Waals surface area contributed by atoms with Gasteiger partial charge in [0.05, 0.1) is 5.52 Å². The van der Waals surface area contributed by atoms with Gasteiger partial charge in [-0.2, -0.15) is 0 Å². The zero-order chi connectivity index (χ0) is 15.0. The molecule has 4 N–H and O–H groups in total. The van der Waals surface area contributed by atoms with E-state index in [1.54, 1.807) is 12.1 Å². The Morgan fingerprint density at radius 1 is 1.48 bits per heavy atom. The van der Waals surface area contributed by atoms with E-state index in [-0.39, 0.29) is 17.7 Å². The van der Waals surface area contributed by atoms with Crippen LogP contribution in [0.5, 0.6) is 5.75 Å². The van der Waals surface area contributed by atoms with Crippen molar-refractivity contribution in [1.29, 1.82) is 0 Å². The van der Waals surface area contributed by atoms with Gasteiger partial charge in [-0.25, -0.2) is 9.78 Å². The Balaban J connectivity index is 1.99. The lowest BCUT2D eigenvalue weighted by Crippen LogP contribution is -2.36. The number of carboxylic acid groups (broad SMARTS) is 1. The molecule has 112 valence electrons. The number of imidazole rings is 1. The van der Waals surface area contributed by atoms with Gasteiger partial charge in [0.1, 0.15) is 11.3 Å². The largest absolute Gasteiger partial charge is 0.511 e. The summed E-state index contributed by atoms with van der Waals surface area (Å²) in [5.74, 6) is 1.76. The molecule has 21 heavy (non-hydrogen) atoms. The second-order valence-electron chi connectivity index (χ2n) is 5.70. The van der Waals surface area contributed by atoms with E-state index in [0.29, 0.717) is 11.4 Å². The first kappa shape index (κ1) is 13.9. The highest BCUT2D eigenvalue weighted by Crippen LogP contribution is 2.37. The third-order valence-corrected chi connectivity index (χ3v) is 4.41. The van der Waals surface area contributed by atoms with Crippen LogP contribution in [0.15, 0.2) is 18.2 Å². The van der Waals surface area contributed by atoms with Crippen LogP contribution in [-0.4, -0.2) is 27.3 Å². The molecule has 0 aliphatic heterocycles. The molecule has 1 aromatic carbocycles. The number of hydrogen-bond acceptors (Lipinski definition) is 4. The van der Waals surface area contributed by atoms with Crippen molar-refractivity contribution < 1.29 is 14.6 Å². The van der Waals surface area contributed by atoms with Crippen LogP contribution in [0.4, 0.5) is 4.79 Å². The monoisotopic (exact) mass is 289 g/mol. The summed E-state index contributed by atoms with van der Waals surface area (Å²) in [5, 5.41) is 8.78. The predicted molar refractivity (Wildman–Crippen MR) is 78.5 cm³/mol. The lowest BCUT2D eigenvalue weighted by Gasteiger charge is -2.32. The number of para-hydroxylation sites is 1. The van der Waals surface area contributed by atoms with Gasteiger partial charge >= 0.3 is 6.16 Å². The van der Waals surface area contributed by atoms with Crippen LogP contribution in [0.25, 0.3) is 11.0 Å². The van der Waals surface area contributed by atoms with Gasteiger partial charge < -0.3 is 20.6 Å². The van der Waals surface area contributed by atoms with Gasteiger partial charge in [-0.15, -0.1) is 0 Å². The molecule has 1 fully saturated rings. The number of nitrogens with one attached hydrogen (secondary N) is 1. The van der Waals surface area contributed by atoms with E-state index in [1.807, 2.05) is 6.07 Å². The molecule has 1 aliphatic rings. The maximum absolute atomic E-state index is 10.7. The van der Waals surface area contributed by atoms with Crippen molar-refractivity contribution in [2.75, 3.05) is 0 Å². The van der Waals surface area contributed by atoms with Gasteiger partial charge in [-0.3, -0.25) is 0 Å². The van der Waals surface area contributed by atoms with Crippen molar-refractivity contribution in [3.8, 4) is 5.75 Å². The predicted octanol–water partition coefficient (Wildman–Crippen LogP) is 2.85. The lowest BCUT2D eigenvalue weighted by atomic mass is 9.77. The highest BCUT2D eigenvalue weighted by atomic mass is 16.7. The zero-order valence-electron chi connectivity index (χ0n) is 11.9. The number of nitrogens with zero attached hydrogens (tertiary/aromatic N) is 1. The summed E-state index contributed by atoms with van der Waals surface area (Å²) >= 11 is 0. The Hall–Kier alpha value is -2.08. The summed E-state index contributed by atoms with van der Waals surface area (Å²) < 4.78 is 4.79. The Morgan fingerprint density at radius 3 is 3.05 bits per heavy atom. The standard InChI is InChI=1S/C15H19N3O3/c1-8-9(4-2-5-10(8)16)14-17-11-6-3-7-12(13(11)18-14)21-15(19)20/h3,6-10H,2,4-5,16H2,1H3,(H,17,18)(H,19,20). The van der Waals surface area contributed by atoms with E-state index in [9.17, 15) is 4.79 Å². The summed E-state index contributed by atoms with van der Waals surface area (Å²) in [6, 6.07) is 5.41. The van der Waals surface area contributed by atoms with Crippen molar-refractivity contribution in [3.05, 3.63) is 24.0 Å².